The minimum Gasteiger partial charge on any atom is -0.427 e. The molecule has 1 heterocycles. The maximum atomic E-state index is 12.3. The average Bonchev–Trinajstić information content (AvgIpc) is 2.39. The Morgan fingerprint density at radius 1 is 1.16 bits per heavy atom. The molecule has 0 unspecified atom stereocenters. The zero-order valence-corrected chi connectivity index (χ0v) is 10.9. The molecule has 1 aromatic carbocycles. The number of hydrogen-bond acceptors (Lipinski definition) is 5. The van der Waals surface area contributed by atoms with Crippen molar-refractivity contribution in [1.82, 2.24) is 4.98 Å². The predicted octanol–water partition coefficient (Wildman–Crippen LogP) is 1.84. The third kappa shape index (κ3) is 2.97. The lowest BCUT2D eigenvalue weighted by Crippen LogP contribution is -2.06. The summed E-state index contributed by atoms with van der Waals surface area (Å²) in [5, 5.41) is -0.155. The highest BCUT2D eigenvalue weighted by Gasteiger charge is 2.19. The molecule has 0 aliphatic rings. The number of aromatic nitrogens is 1. The molecule has 0 atom stereocenters. The van der Waals surface area contributed by atoms with E-state index in [-0.39, 0.29) is 15.7 Å². The topological polar surface area (TPSA) is 73.3 Å². The number of carbonyl (C=O) groups is 1. The van der Waals surface area contributed by atoms with Crippen molar-refractivity contribution in [1.29, 1.82) is 0 Å². The van der Waals surface area contributed by atoms with Gasteiger partial charge >= 0.3 is 5.97 Å². The summed E-state index contributed by atoms with van der Waals surface area (Å²) in [7, 11) is -3.70. The Labute approximate surface area is 110 Å². The fourth-order valence-corrected chi connectivity index (χ4v) is 2.72. The van der Waals surface area contributed by atoms with E-state index in [1.54, 1.807) is 18.2 Å². The molecule has 2 aromatic rings. The first-order valence-electron chi connectivity index (χ1n) is 5.45. The van der Waals surface area contributed by atoms with Gasteiger partial charge in [0.15, 0.2) is 5.03 Å². The van der Waals surface area contributed by atoms with Crippen LogP contribution in [0.1, 0.15) is 6.92 Å². The lowest BCUT2D eigenvalue weighted by molar-refractivity contribution is -0.131. The second kappa shape index (κ2) is 5.19. The third-order valence-corrected chi connectivity index (χ3v) is 3.96. The summed E-state index contributed by atoms with van der Waals surface area (Å²) in [5.41, 5.74) is 0. The fourth-order valence-electron chi connectivity index (χ4n) is 1.49. The van der Waals surface area contributed by atoms with E-state index in [1.165, 1.54) is 37.4 Å². The largest absolute Gasteiger partial charge is 0.427 e. The van der Waals surface area contributed by atoms with Crippen molar-refractivity contribution in [2.24, 2.45) is 0 Å². The normalized spacial score (nSPS) is 11.0. The Bertz CT molecular complexity index is 696. The van der Waals surface area contributed by atoms with Crippen LogP contribution in [0, 0.1) is 0 Å². The van der Waals surface area contributed by atoms with Crippen molar-refractivity contribution in [3.63, 3.8) is 0 Å². The molecule has 0 aliphatic carbocycles. The third-order valence-electron chi connectivity index (χ3n) is 2.30. The standard InChI is InChI=1S/C13H11NO4S/c1-10(15)18-11-7-8-14-13(9-11)19(16,17)12-5-3-2-4-6-12/h2-9H,1H3. The van der Waals surface area contributed by atoms with Crippen LogP contribution in [-0.4, -0.2) is 19.4 Å². The van der Waals surface area contributed by atoms with Crippen molar-refractivity contribution in [3.8, 4) is 5.75 Å². The second-order valence-electron chi connectivity index (χ2n) is 3.74. The number of hydrogen-bond donors (Lipinski definition) is 0. The number of carbonyl (C=O) groups excluding carboxylic acids is 1. The first-order chi connectivity index (χ1) is 9.00. The highest BCUT2D eigenvalue weighted by Crippen LogP contribution is 2.21. The molecular formula is C13H11NO4S. The lowest BCUT2D eigenvalue weighted by atomic mass is 10.4. The van der Waals surface area contributed by atoms with E-state index in [0.717, 1.165) is 0 Å². The Morgan fingerprint density at radius 3 is 2.47 bits per heavy atom. The van der Waals surface area contributed by atoms with Gasteiger partial charge in [-0.25, -0.2) is 13.4 Å². The van der Waals surface area contributed by atoms with E-state index < -0.39 is 15.8 Å². The molecule has 0 bridgehead atoms. The number of nitrogens with zero attached hydrogens (tertiary/aromatic N) is 1. The first-order valence-corrected chi connectivity index (χ1v) is 6.93. The van der Waals surface area contributed by atoms with Crippen LogP contribution in [0.25, 0.3) is 0 Å². The van der Waals surface area contributed by atoms with Crippen LogP contribution >= 0.6 is 0 Å². The van der Waals surface area contributed by atoms with Crippen LogP contribution in [0.15, 0.2) is 58.6 Å². The first kappa shape index (κ1) is 13.2. The minimum atomic E-state index is -3.70. The van der Waals surface area contributed by atoms with Crippen LogP contribution in [0.5, 0.6) is 5.75 Å². The maximum absolute atomic E-state index is 12.3. The SMILES string of the molecule is CC(=O)Oc1ccnc(S(=O)(=O)c2ccccc2)c1. The van der Waals surface area contributed by atoms with Gasteiger partial charge in [-0.1, -0.05) is 18.2 Å². The van der Waals surface area contributed by atoms with Gasteiger partial charge in [0.25, 0.3) is 0 Å². The number of sulfone groups is 1. The van der Waals surface area contributed by atoms with Crippen LogP contribution in [0.2, 0.25) is 0 Å². The summed E-state index contributed by atoms with van der Waals surface area (Å²) < 4.78 is 29.4. The van der Waals surface area contributed by atoms with E-state index in [4.69, 9.17) is 4.74 Å². The monoisotopic (exact) mass is 277 g/mol. The predicted molar refractivity (Wildman–Crippen MR) is 67.4 cm³/mol. The van der Waals surface area contributed by atoms with Crippen LogP contribution in [0.3, 0.4) is 0 Å². The average molecular weight is 277 g/mol. The van der Waals surface area contributed by atoms with Crippen molar-refractivity contribution >= 4 is 15.8 Å². The van der Waals surface area contributed by atoms with E-state index in [0.29, 0.717) is 0 Å². The van der Waals surface area contributed by atoms with Crippen LogP contribution < -0.4 is 4.74 Å². The summed E-state index contributed by atoms with van der Waals surface area (Å²) in [4.78, 5) is 14.8. The minimum absolute atomic E-state index is 0.141. The number of ether oxygens (including phenoxy) is 1. The molecule has 98 valence electrons. The molecule has 6 heteroatoms. The van der Waals surface area contributed by atoms with Crippen LogP contribution in [0.4, 0.5) is 0 Å². The second-order valence-corrected chi connectivity index (χ2v) is 5.64. The smallest absolute Gasteiger partial charge is 0.308 e. The number of rotatable bonds is 3. The van der Waals surface area contributed by atoms with Crippen LogP contribution in [-0.2, 0) is 14.6 Å². The highest BCUT2D eigenvalue weighted by atomic mass is 32.2. The fraction of sp³-hybridized carbons (Fsp3) is 0.0769. The Balaban J connectivity index is 2.44. The molecule has 0 spiro atoms. The van der Waals surface area contributed by atoms with Crippen molar-refractivity contribution < 1.29 is 17.9 Å². The van der Waals surface area contributed by atoms with Crippen molar-refractivity contribution in [3.05, 3.63) is 48.7 Å². The Kier molecular flexibility index (Phi) is 3.62. The summed E-state index contributed by atoms with van der Waals surface area (Å²) in [6, 6.07) is 10.6. The van der Waals surface area contributed by atoms with E-state index in [9.17, 15) is 13.2 Å². The van der Waals surface area contributed by atoms with E-state index in [2.05, 4.69) is 4.98 Å². The van der Waals surface area contributed by atoms with Gasteiger partial charge in [0.05, 0.1) is 4.90 Å². The molecule has 0 fully saturated rings. The van der Waals surface area contributed by atoms with Gasteiger partial charge in [-0.2, -0.15) is 0 Å². The zero-order chi connectivity index (χ0) is 13.9. The van der Waals surface area contributed by atoms with Crippen molar-refractivity contribution in [2.75, 3.05) is 0 Å². The van der Waals surface area contributed by atoms with Gasteiger partial charge in [0.2, 0.25) is 9.84 Å². The van der Waals surface area contributed by atoms with Gasteiger partial charge < -0.3 is 4.74 Å². The van der Waals surface area contributed by atoms with Gasteiger partial charge in [0, 0.05) is 19.2 Å². The number of pyridine rings is 1. The van der Waals surface area contributed by atoms with E-state index in [1.807, 2.05) is 0 Å². The molecule has 0 amide bonds. The molecule has 5 nitrogen and oxygen atoms in total. The molecular weight excluding hydrogens is 266 g/mol. The highest BCUT2D eigenvalue weighted by molar-refractivity contribution is 7.91. The zero-order valence-electron chi connectivity index (χ0n) is 10.1. The molecule has 0 N–H and O–H groups in total. The molecule has 1 aromatic heterocycles. The Morgan fingerprint density at radius 2 is 1.84 bits per heavy atom. The van der Waals surface area contributed by atoms with E-state index >= 15 is 0 Å². The molecule has 0 saturated carbocycles. The lowest BCUT2D eigenvalue weighted by Gasteiger charge is -2.05. The summed E-state index contributed by atoms with van der Waals surface area (Å²) in [6.07, 6.45) is 1.29. The molecule has 0 saturated heterocycles. The molecule has 19 heavy (non-hydrogen) atoms. The summed E-state index contributed by atoms with van der Waals surface area (Å²) in [6.45, 7) is 1.24. The Hall–Kier alpha value is -2.21. The quantitative estimate of drug-likeness (QED) is 0.800. The molecule has 0 aliphatic heterocycles. The van der Waals surface area contributed by atoms with Gasteiger partial charge in [-0.3, -0.25) is 4.79 Å². The van der Waals surface area contributed by atoms with Gasteiger partial charge in [-0.15, -0.1) is 0 Å². The summed E-state index contributed by atoms with van der Waals surface area (Å²) in [5.74, 6) is -0.369. The molecule has 2 rings (SSSR count). The number of esters is 1. The molecule has 0 radical (unpaired) electrons. The van der Waals surface area contributed by atoms with Gasteiger partial charge in [0.1, 0.15) is 5.75 Å². The van der Waals surface area contributed by atoms with Gasteiger partial charge in [-0.05, 0) is 18.2 Å². The maximum Gasteiger partial charge on any atom is 0.308 e. The summed E-state index contributed by atoms with van der Waals surface area (Å²) >= 11 is 0. The van der Waals surface area contributed by atoms with Crippen molar-refractivity contribution in [2.45, 2.75) is 16.8 Å². The number of benzene rings is 1.